The number of ether oxygens (including phenoxy) is 1. The summed E-state index contributed by atoms with van der Waals surface area (Å²) in [5.41, 5.74) is 3.88. The van der Waals surface area contributed by atoms with Crippen LogP contribution < -0.4 is 10.2 Å². The molecule has 0 saturated carbocycles. The Kier molecular flexibility index (Phi) is 3.54. The summed E-state index contributed by atoms with van der Waals surface area (Å²) in [7, 11) is 1.59. The third-order valence-electron chi connectivity index (χ3n) is 1.97. The van der Waals surface area contributed by atoms with Crippen molar-refractivity contribution in [3.8, 4) is 5.75 Å². The Morgan fingerprint density at radius 3 is 2.77 bits per heavy atom. The number of nitrogens with one attached hydrogen (secondary N) is 1. The summed E-state index contributed by atoms with van der Waals surface area (Å²) >= 11 is 5.91. The van der Waals surface area contributed by atoms with E-state index in [-0.39, 0.29) is 0 Å². The fourth-order valence-electron chi connectivity index (χ4n) is 1.19. The van der Waals surface area contributed by atoms with Crippen LogP contribution in [0.1, 0.15) is 11.1 Å². The largest absolute Gasteiger partial charge is 0.496 e. The summed E-state index contributed by atoms with van der Waals surface area (Å²) in [6.45, 7) is 2.22. The maximum Gasteiger partial charge on any atom is 0.123 e. The smallest absolute Gasteiger partial charge is 0.123 e. The highest BCUT2D eigenvalue weighted by Crippen LogP contribution is 2.27. The van der Waals surface area contributed by atoms with Crippen molar-refractivity contribution < 1.29 is 9.94 Å². The predicted molar refractivity (Wildman–Crippen MR) is 51.4 cm³/mol. The molecule has 0 saturated heterocycles. The highest BCUT2D eigenvalue weighted by molar-refractivity contribution is 6.31. The van der Waals surface area contributed by atoms with Crippen molar-refractivity contribution in [2.24, 2.45) is 0 Å². The van der Waals surface area contributed by atoms with Crippen LogP contribution >= 0.6 is 11.6 Å². The Morgan fingerprint density at radius 1 is 1.54 bits per heavy atom. The van der Waals surface area contributed by atoms with Gasteiger partial charge in [-0.1, -0.05) is 11.6 Å². The van der Waals surface area contributed by atoms with Crippen LogP contribution in [0.25, 0.3) is 0 Å². The van der Waals surface area contributed by atoms with Gasteiger partial charge in [-0.25, -0.2) is 5.48 Å². The zero-order chi connectivity index (χ0) is 9.84. The molecule has 0 amide bonds. The number of hydrogen-bond acceptors (Lipinski definition) is 3. The SMILES string of the molecule is COc1ccc(Cl)c(C)c1CNO. The van der Waals surface area contributed by atoms with Crippen molar-refractivity contribution in [3.05, 3.63) is 28.3 Å². The first kappa shape index (κ1) is 10.3. The van der Waals surface area contributed by atoms with Crippen molar-refractivity contribution in [2.45, 2.75) is 13.5 Å². The van der Waals surface area contributed by atoms with Gasteiger partial charge in [-0.3, -0.25) is 0 Å². The summed E-state index contributed by atoms with van der Waals surface area (Å²) in [6, 6.07) is 3.55. The first-order valence-electron chi connectivity index (χ1n) is 3.89. The molecule has 0 aliphatic heterocycles. The van der Waals surface area contributed by atoms with E-state index in [1.165, 1.54) is 0 Å². The van der Waals surface area contributed by atoms with E-state index in [4.69, 9.17) is 21.5 Å². The standard InChI is InChI=1S/C9H12ClNO2/c1-6-7(5-11-12)9(13-2)4-3-8(6)10/h3-4,11-12H,5H2,1-2H3. The maximum atomic E-state index is 8.61. The number of rotatable bonds is 3. The molecule has 0 aromatic heterocycles. The first-order valence-corrected chi connectivity index (χ1v) is 4.27. The lowest BCUT2D eigenvalue weighted by Crippen LogP contribution is -2.09. The number of hydroxylamine groups is 1. The molecule has 0 aliphatic rings. The summed E-state index contributed by atoms with van der Waals surface area (Å²) in [4.78, 5) is 0. The molecule has 72 valence electrons. The lowest BCUT2D eigenvalue weighted by Gasteiger charge is -2.11. The van der Waals surface area contributed by atoms with E-state index in [1.54, 1.807) is 19.2 Å². The minimum absolute atomic E-state index is 0.329. The van der Waals surface area contributed by atoms with Crippen molar-refractivity contribution in [3.63, 3.8) is 0 Å². The van der Waals surface area contributed by atoms with Gasteiger partial charge in [-0.05, 0) is 24.6 Å². The Labute approximate surface area is 82.2 Å². The maximum absolute atomic E-state index is 8.61. The van der Waals surface area contributed by atoms with Gasteiger partial charge >= 0.3 is 0 Å². The molecule has 0 aliphatic carbocycles. The normalized spacial score (nSPS) is 10.2. The lowest BCUT2D eigenvalue weighted by molar-refractivity contribution is 0.160. The van der Waals surface area contributed by atoms with E-state index < -0.39 is 0 Å². The molecule has 0 atom stereocenters. The molecule has 1 rings (SSSR count). The van der Waals surface area contributed by atoms with Crippen LogP contribution in [0.2, 0.25) is 5.02 Å². The average Bonchev–Trinajstić information content (AvgIpc) is 2.14. The van der Waals surface area contributed by atoms with Gasteiger partial charge < -0.3 is 9.94 Å². The summed E-state index contributed by atoms with van der Waals surface area (Å²) in [6.07, 6.45) is 0. The molecule has 0 unspecified atom stereocenters. The van der Waals surface area contributed by atoms with Gasteiger partial charge in [-0.15, -0.1) is 0 Å². The number of benzene rings is 1. The van der Waals surface area contributed by atoms with Gasteiger partial charge in [0.05, 0.1) is 7.11 Å². The monoisotopic (exact) mass is 201 g/mol. The van der Waals surface area contributed by atoms with Crippen LogP contribution in [0, 0.1) is 6.92 Å². The molecular weight excluding hydrogens is 190 g/mol. The van der Waals surface area contributed by atoms with Gasteiger partial charge in [0.25, 0.3) is 0 Å². The molecule has 4 heteroatoms. The molecule has 0 fully saturated rings. The number of methoxy groups -OCH3 is 1. The lowest BCUT2D eigenvalue weighted by atomic mass is 10.1. The molecule has 1 aromatic rings. The molecule has 3 nitrogen and oxygen atoms in total. The molecule has 0 spiro atoms. The van der Waals surface area contributed by atoms with Gasteiger partial charge in [0, 0.05) is 17.1 Å². The Hall–Kier alpha value is -0.770. The van der Waals surface area contributed by atoms with Crippen molar-refractivity contribution in [1.29, 1.82) is 0 Å². The second-order valence-electron chi connectivity index (χ2n) is 2.69. The highest BCUT2D eigenvalue weighted by atomic mass is 35.5. The van der Waals surface area contributed by atoms with Crippen LogP contribution in [0.5, 0.6) is 5.75 Å². The topological polar surface area (TPSA) is 41.5 Å². The van der Waals surface area contributed by atoms with Crippen LogP contribution in [-0.2, 0) is 6.54 Å². The molecule has 2 N–H and O–H groups in total. The third kappa shape index (κ3) is 2.12. The van der Waals surface area contributed by atoms with E-state index in [9.17, 15) is 0 Å². The number of halogens is 1. The Balaban J connectivity index is 3.15. The fraction of sp³-hybridized carbons (Fsp3) is 0.333. The summed E-state index contributed by atoms with van der Waals surface area (Å²) in [5, 5.41) is 9.28. The van der Waals surface area contributed by atoms with Crippen molar-refractivity contribution in [2.75, 3.05) is 7.11 Å². The van der Waals surface area contributed by atoms with Crippen LogP contribution in [0.3, 0.4) is 0 Å². The highest BCUT2D eigenvalue weighted by Gasteiger charge is 2.08. The van der Waals surface area contributed by atoms with Crippen LogP contribution in [-0.4, -0.2) is 12.3 Å². The molecule has 1 aromatic carbocycles. The van der Waals surface area contributed by atoms with Crippen LogP contribution in [0.15, 0.2) is 12.1 Å². The Bertz CT molecular complexity index is 302. The first-order chi connectivity index (χ1) is 6.20. The van der Waals surface area contributed by atoms with Gasteiger partial charge in [-0.2, -0.15) is 0 Å². The van der Waals surface area contributed by atoms with E-state index in [2.05, 4.69) is 5.48 Å². The molecule has 0 bridgehead atoms. The van der Waals surface area contributed by atoms with Crippen molar-refractivity contribution in [1.82, 2.24) is 5.48 Å². The zero-order valence-electron chi connectivity index (χ0n) is 7.60. The molecular formula is C9H12ClNO2. The van der Waals surface area contributed by atoms with Gasteiger partial charge in [0.1, 0.15) is 5.75 Å². The fourth-order valence-corrected chi connectivity index (χ4v) is 1.37. The second kappa shape index (κ2) is 4.46. The van der Waals surface area contributed by atoms with Crippen LogP contribution in [0.4, 0.5) is 0 Å². The summed E-state index contributed by atoms with van der Waals surface area (Å²) < 4.78 is 5.12. The average molecular weight is 202 g/mol. The van der Waals surface area contributed by atoms with E-state index in [0.29, 0.717) is 11.6 Å². The van der Waals surface area contributed by atoms with E-state index >= 15 is 0 Å². The quantitative estimate of drug-likeness (QED) is 0.737. The van der Waals surface area contributed by atoms with E-state index in [1.807, 2.05) is 6.92 Å². The Morgan fingerprint density at radius 2 is 2.23 bits per heavy atom. The van der Waals surface area contributed by atoms with E-state index in [0.717, 1.165) is 16.9 Å². The third-order valence-corrected chi connectivity index (χ3v) is 2.37. The van der Waals surface area contributed by atoms with Gasteiger partial charge in [0.15, 0.2) is 0 Å². The second-order valence-corrected chi connectivity index (χ2v) is 3.10. The predicted octanol–water partition coefficient (Wildman–Crippen LogP) is 2.14. The molecule has 0 radical (unpaired) electrons. The van der Waals surface area contributed by atoms with Gasteiger partial charge in [0.2, 0.25) is 0 Å². The molecule has 0 heterocycles. The summed E-state index contributed by atoms with van der Waals surface area (Å²) in [5.74, 6) is 0.725. The minimum atomic E-state index is 0.329. The molecule has 13 heavy (non-hydrogen) atoms. The zero-order valence-corrected chi connectivity index (χ0v) is 8.35. The van der Waals surface area contributed by atoms with Crippen molar-refractivity contribution >= 4 is 11.6 Å². The number of hydrogen-bond donors (Lipinski definition) is 2. The minimum Gasteiger partial charge on any atom is -0.496 e.